The van der Waals surface area contributed by atoms with Crippen LogP contribution in [-0.4, -0.2) is 54.7 Å². The summed E-state index contributed by atoms with van der Waals surface area (Å²) in [6.45, 7) is 1.77. The zero-order valence-electron chi connectivity index (χ0n) is 12.7. The van der Waals surface area contributed by atoms with Crippen molar-refractivity contribution in [2.45, 2.75) is 19.4 Å². The number of sulfone groups is 1. The third-order valence-electron chi connectivity index (χ3n) is 3.36. The van der Waals surface area contributed by atoms with Crippen LogP contribution in [0.15, 0.2) is 6.08 Å². The van der Waals surface area contributed by atoms with Gasteiger partial charge >= 0.3 is 0 Å². The van der Waals surface area contributed by atoms with Gasteiger partial charge in [0.1, 0.15) is 5.15 Å². The Labute approximate surface area is 134 Å². The van der Waals surface area contributed by atoms with E-state index in [1.54, 1.807) is 31.8 Å². The van der Waals surface area contributed by atoms with Crippen molar-refractivity contribution in [3.63, 3.8) is 0 Å². The van der Waals surface area contributed by atoms with E-state index >= 15 is 0 Å². The predicted molar refractivity (Wildman–Crippen MR) is 85.1 cm³/mol. The largest absolute Gasteiger partial charge is 0.286 e. The Morgan fingerprint density at radius 1 is 1.50 bits per heavy atom. The molecular formula is C13H19ClN4O3S. The van der Waals surface area contributed by atoms with Crippen LogP contribution in [0.25, 0.3) is 6.08 Å². The molecule has 1 saturated heterocycles. The van der Waals surface area contributed by atoms with Gasteiger partial charge in [0.25, 0.3) is 5.91 Å². The second-order valence-corrected chi connectivity index (χ2v) is 8.08. The van der Waals surface area contributed by atoms with Crippen LogP contribution in [0.1, 0.15) is 23.7 Å². The highest BCUT2D eigenvalue weighted by Crippen LogP contribution is 2.30. The molecule has 22 heavy (non-hydrogen) atoms. The highest BCUT2D eigenvalue weighted by Gasteiger charge is 2.31. The summed E-state index contributed by atoms with van der Waals surface area (Å²) >= 11 is 6.30. The van der Waals surface area contributed by atoms with Crippen molar-refractivity contribution >= 4 is 33.4 Å². The maximum absolute atomic E-state index is 11.6. The van der Waals surface area contributed by atoms with Gasteiger partial charge in [-0.25, -0.2) is 18.1 Å². The number of hydrazine groups is 1. The standard InChI is InChI=1S/C13H19ClN4O3S/c1-9-11(4-5-12(19)16-17(2)3)13(14)18(15-9)10-6-7-22(20,21)8-10/h4-5,10H,6-8H2,1-3H3,(H,16,19)/b5-4+/t10-/m0/s1. The smallest absolute Gasteiger partial charge is 0.258 e. The molecule has 0 radical (unpaired) electrons. The summed E-state index contributed by atoms with van der Waals surface area (Å²) in [6, 6.07) is -0.242. The highest BCUT2D eigenvalue weighted by atomic mass is 35.5. The molecule has 122 valence electrons. The van der Waals surface area contributed by atoms with Crippen molar-refractivity contribution in [2.75, 3.05) is 25.6 Å². The molecule has 1 aliphatic heterocycles. The Hall–Kier alpha value is -1.38. The molecule has 0 bridgehead atoms. The summed E-state index contributed by atoms with van der Waals surface area (Å²) in [5.41, 5.74) is 3.86. The number of amides is 1. The molecule has 2 rings (SSSR count). The molecule has 7 nitrogen and oxygen atoms in total. The summed E-state index contributed by atoms with van der Waals surface area (Å²) in [7, 11) is 0.411. The third-order valence-corrected chi connectivity index (χ3v) is 5.49. The van der Waals surface area contributed by atoms with Gasteiger partial charge in [0, 0.05) is 25.7 Å². The molecule has 1 fully saturated rings. The minimum atomic E-state index is -3.01. The molecule has 2 heterocycles. The topological polar surface area (TPSA) is 84.3 Å². The Balaban J connectivity index is 2.21. The maximum atomic E-state index is 11.6. The van der Waals surface area contributed by atoms with Crippen molar-refractivity contribution in [1.82, 2.24) is 20.2 Å². The lowest BCUT2D eigenvalue weighted by atomic mass is 10.2. The first-order chi connectivity index (χ1) is 10.2. The SMILES string of the molecule is Cc1nn([C@H]2CCS(=O)(=O)C2)c(Cl)c1/C=C/C(=O)NN(C)C. The van der Waals surface area contributed by atoms with Gasteiger partial charge in [0.15, 0.2) is 9.84 Å². The van der Waals surface area contributed by atoms with E-state index in [1.165, 1.54) is 11.1 Å². The average molecular weight is 347 g/mol. The van der Waals surface area contributed by atoms with Crippen LogP contribution in [0.2, 0.25) is 5.15 Å². The van der Waals surface area contributed by atoms with Crippen LogP contribution in [0, 0.1) is 6.92 Å². The van der Waals surface area contributed by atoms with E-state index in [4.69, 9.17) is 11.6 Å². The van der Waals surface area contributed by atoms with E-state index < -0.39 is 9.84 Å². The second-order valence-electron chi connectivity index (χ2n) is 5.50. The summed E-state index contributed by atoms with van der Waals surface area (Å²) in [5.74, 6) is -0.0711. The van der Waals surface area contributed by atoms with Crippen LogP contribution < -0.4 is 5.43 Å². The summed E-state index contributed by atoms with van der Waals surface area (Å²) in [6.07, 6.45) is 3.46. The van der Waals surface area contributed by atoms with Gasteiger partial charge < -0.3 is 0 Å². The fraction of sp³-hybridized carbons (Fsp3) is 0.538. The molecule has 1 atom stereocenters. The molecule has 0 aliphatic carbocycles. The van der Waals surface area contributed by atoms with E-state index in [2.05, 4.69) is 10.5 Å². The normalized spacial score (nSPS) is 20.9. The first-order valence-electron chi connectivity index (χ1n) is 6.80. The quantitative estimate of drug-likeness (QED) is 0.644. The van der Waals surface area contributed by atoms with Crippen LogP contribution in [-0.2, 0) is 14.6 Å². The first kappa shape index (κ1) is 17.0. The van der Waals surface area contributed by atoms with Gasteiger partial charge in [0.05, 0.1) is 23.2 Å². The Morgan fingerprint density at radius 2 is 2.18 bits per heavy atom. The molecule has 1 aromatic rings. The molecule has 0 aromatic carbocycles. The minimum Gasteiger partial charge on any atom is -0.286 e. The van der Waals surface area contributed by atoms with Crippen molar-refractivity contribution < 1.29 is 13.2 Å². The molecule has 1 N–H and O–H groups in total. The lowest BCUT2D eigenvalue weighted by Crippen LogP contribution is -2.34. The van der Waals surface area contributed by atoms with Crippen molar-refractivity contribution in [3.05, 3.63) is 22.5 Å². The van der Waals surface area contributed by atoms with Gasteiger partial charge in [0.2, 0.25) is 0 Å². The van der Waals surface area contributed by atoms with Crippen molar-refractivity contribution in [1.29, 1.82) is 0 Å². The van der Waals surface area contributed by atoms with Crippen LogP contribution in [0.3, 0.4) is 0 Å². The number of hydrogen-bond acceptors (Lipinski definition) is 5. The zero-order valence-corrected chi connectivity index (χ0v) is 14.3. The minimum absolute atomic E-state index is 0.0537. The Kier molecular flexibility index (Phi) is 4.93. The molecule has 0 unspecified atom stereocenters. The van der Waals surface area contributed by atoms with Gasteiger partial charge in [-0.2, -0.15) is 5.10 Å². The Morgan fingerprint density at radius 3 is 2.73 bits per heavy atom. The molecule has 0 spiro atoms. The molecule has 0 saturated carbocycles. The Bertz CT molecular complexity index is 709. The number of aryl methyl sites for hydroxylation is 1. The van der Waals surface area contributed by atoms with Gasteiger partial charge in [-0.3, -0.25) is 10.2 Å². The van der Waals surface area contributed by atoms with E-state index in [0.29, 0.717) is 22.8 Å². The van der Waals surface area contributed by atoms with Gasteiger partial charge in [-0.15, -0.1) is 0 Å². The number of aromatic nitrogens is 2. The summed E-state index contributed by atoms with van der Waals surface area (Å²) < 4.78 is 24.7. The lowest BCUT2D eigenvalue weighted by molar-refractivity contribution is -0.119. The van der Waals surface area contributed by atoms with E-state index in [9.17, 15) is 13.2 Å². The third kappa shape index (κ3) is 3.88. The highest BCUT2D eigenvalue weighted by molar-refractivity contribution is 7.91. The molecular weight excluding hydrogens is 328 g/mol. The van der Waals surface area contributed by atoms with Crippen molar-refractivity contribution in [3.8, 4) is 0 Å². The fourth-order valence-electron chi connectivity index (χ4n) is 2.35. The number of rotatable bonds is 4. The number of carbonyl (C=O) groups excluding carboxylic acids is 1. The van der Waals surface area contributed by atoms with Crippen molar-refractivity contribution in [2.24, 2.45) is 0 Å². The van der Waals surface area contributed by atoms with E-state index in [0.717, 1.165) is 0 Å². The number of carbonyl (C=O) groups is 1. The van der Waals surface area contributed by atoms with Crippen LogP contribution in [0.4, 0.5) is 0 Å². The molecule has 1 amide bonds. The average Bonchev–Trinajstić information content (AvgIpc) is 2.87. The first-order valence-corrected chi connectivity index (χ1v) is 9.00. The van der Waals surface area contributed by atoms with Gasteiger partial charge in [-0.1, -0.05) is 11.6 Å². The molecule has 1 aromatic heterocycles. The number of nitrogens with zero attached hydrogens (tertiary/aromatic N) is 3. The maximum Gasteiger partial charge on any atom is 0.258 e. The van der Waals surface area contributed by atoms with E-state index in [1.807, 2.05) is 0 Å². The second kappa shape index (κ2) is 6.39. The van der Waals surface area contributed by atoms with Gasteiger partial charge in [-0.05, 0) is 19.4 Å². The summed E-state index contributed by atoms with van der Waals surface area (Å²) in [5, 5.41) is 6.21. The monoisotopic (exact) mass is 346 g/mol. The predicted octanol–water partition coefficient (Wildman–Crippen LogP) is 0.811. The zero-order chi connectivity index (χ0) is 16.5. The summed E-state index contributed by atoms with van der Waals surface area (Å²) in [4.78, 5) is 11.6. The number of halogens is 1. The molecule has 9 heteroatoms. The van der Waals surface area contributed by atoms with E-state index in [-0.39, 0.29) is 23.5 Å². The number of hydrogen-bond donors (Lipinski definition) is 1. The van der Waals surface area contributed by atoms with Crippen LogP contribution >= 0.6 is 11.6 Å². The lowest BCUT2D eigenvalue weighted by Gasteiger charge is -2.09. The fourth-order valence-corrected chi connectivity index (χ4v) is 4.42. The van der Waals surface area contributed by atoms with Crippen LogP contribution in [0.5, 0.6) is 0 Å². The number of nitrogens with one attached hydrogen (secondary N) is 1. The molecule has 1 aliphatic rings.